The van der Waals surface area contributed by atoms with Crippen LogP contribution in [0.25, 0.3) is 0 Å². The van der Waals surface area contributed by atoms with E-state index in [-0.39, 0.29) is 24.0 Å². The molecule has 2 aliphatic heterocycles. The highest BCUT2D eigenvalue weighted by molar-refractivity contribution is 14.0. The predicted molar refractivity (Wildman–Crippen MR) is 114 cm³/mol. The van der Waals surface area contributed by atoms with Crippen LogP contribution in [0.15, 0.2) is 35.3 Å². The molecular weight excluding hydrogens is 411 g/mol. The molecule has 1 atom stereocenters. The van der Waals surface area contributed by atoms with Crippen LogP contribution in [0.2, 0.25) is 0 Å². The van der Waals surface area contributed by atoms with Crippen LogP contribution in [0, 0.1) is 11.3 Å². The fourth-order valence-corrected chi connectivity index (χ4v) is 3.73. The van der Waals surface area contributed by atoms with Gasteiger partial charge in [0.1, 0.15) is 0 Å². The summed E-state index contributed by atoms with van der Waals surface area (Å²) in [5, 5.41) is 3.61. The van der Waals surface area contributed by atoms with Crippen molar-refractivity contribution < 1.29 is 0 Å². The Labute approximate surface area is 163 Å². The number of likely N-dealkylation sites (tertiary alicyclic amines) is 1. The van der Waals surface area contributed by atoms with Gasteiger partial charge < -0.3 is 15.1 Å². The summed E-state index contributed by atoms with van der Waals surface area (Å²) in [4.78, 5) is 9.39. The van der Waals surface area contributed by atoms with Gasteiger partial charge in [0.2, 0.25) is 0 Å². The minimum atomic E-state index is 0. The minimum absolute atomic E-state index is 0. The van der Waals surface area contributed by atoms with Crippen molar-refractivity contribution in [2.75, 3.05) is 44.7 Å². The second-order valence-corrected chi connectivity index (χ2v) is 7.70. The molecule has 2 aliphatic rings. The van der Waals surface area contributed by atoms with Gasteiger partial charge in [-0.3, -0.25) is 4.99 Å². The number of nitrogens with one attached hydrogen (secondary N) is 1. The Kier molecular flexibility index (Phi) is 6.78. The number of nitrogens with zero attached hydrogens (tertiary/aromatic N) is 3. The number of hydrogen-bond donors (Lipinski definition) is 1. The lowest BCUT2D eigenvalue weighted by Gasteiger charge is -2.25. The third kappa shape index (κ3) is 4.77. The van der Waals surface area contributed by atoms with Gasteiger partial charge in [0.05, 0.1) is 0 Å². The number of guanidine groups is 1. The molecule has 2 fully saturated rings. The van der Waals surface area contributed by atoms with Crippen molar-refractivity contribution in [1.29, 1.82) is 0 Å². The average Bonchev–Trinajstić information content (AvgIpc) is 3.16. The van der Waals surface area contributed by atoms with Crippen LogP contribution in [0.1, 0.15) is 26.7 Å². The Balaban J connectivity index is 0.00000208. The van der Waals surface area contributed by atoms with Crippen LogP contribution in [0.5, 0.6) is 0 Å². The van der Waals surface area contributed by atoms with E-state index in [1.165, 1.54) is 18.5 Å². The van der Waals surface area contributed by atoms with Crippen LogP contribution in [0.4, 0.5) is 5.69 Å². The number of hydrogen-bond acceptors (Lipinski definition) is 2. The molecule has 0 aromatic heterocycles. The van der Waals surface area contributed by atoms with Crippen molar-refractivity contribution in [2.24, 2.45) is 16.3 Å². The lowest BCUT2D eigenvalue weighted by Crippen LogP contribution is -2.42. The van der Waals surface area contributed by atoms with Crippen molar-refractivity contribution in [3.05, 3.63) is 30.3 Å². The van der Waals surface area contributed by atoms with Gasteiger partial charge in [-0.25, -0.2) is 0 Å². The number of para-hydroxylation sites is 1. The highest BCUT2D eigenvalue weighted by atomic mass is 127. The average molecular weight is 442 g/mol. The quantitative estimate of drug-likeness (QED) is 0.442. The Morgan fingerprint density at radius 2 is 2.00 bits per heavy atom. The van der Waals surface area contributed by atoms with E-state index in [1.807, 2.05) is 7.05 Å². The lowest BCUT2D eigenvalue weighted by molar-refractivity contribution is 0.368. The maximum Gasteiger partial charge on any atom is 0.193 e. The third-order valence-electron chi connectivity index (χ3n) is 5.14. The number of halogens is 1. The molecule has 24 heavy (non-hydrogen) atoms. The van der Waals surface area contributed by atoms with Crippen LogP contribution >= 0.6 is 24.0 Å². The van der Waals surface area contributed by atoms with Gasteiger partial charge in [-0.2, -0.15) is 0 Å². The molecule has 0 amide bonds. The van der Waals surface area contributed by atoms with Crippen LogP contribution in [-0.2, 0) is 0 Å². The number of aliphatic imine (C=N–C) groups is 1. The molecule has 2 saturated heterocycles. The summed E-state index contributed by atoms with van der Waals surface area (Å²) in [5.74, 6) is 1.77. The van der Waals surface area contributed by atoms with Crippen molar-refractivity contribution >= 4 is 35.6 Å². The Morgan fingerprint density at radius 1 is 1.25 bits per heavy atom. The standard InChI is InChI=1S/C19H30N4.HI/c1-19(2)10-12-23(15-19)18(20-3)21-13-16-9-11-22(14-16)17-7-5-4-6-8-17;/h4-8,16H,9-15H2,1-3H3,(H,20,21);1H. The second kappa shape index (κ2) is 8.41. The first-order valence-electron chi connectivity index (χ1n) is 8.83. The van der Waals surface area contributed by atoms with Crippen molar-refractivity contribution in [3.63, 3.8) is 0 Å². The number of anilines is 1. The normalized spacial score (nSPS) is 23.3. The molecule has 1 aromatic carbocycles. The topological polar surface area (TPSA) is 30.9 Å². The van der Waals surface area contributed by atoms with Gasteiger partial charge in [0.25, 0.3) is 0 Å². The van der Waals surface area contributed by atoms with E-state index in [0.717, 1.165) is 38.7 Å². The van der Waals surface area contributed by atoms with E-state index >= 15 is 0 Å². The number of rotatable bonds is 3. The summed E-state index contributed by atoms with van der Waals surface area (Å²) in [5.41, 5.74) is 1.76. The summed E-state index contributed by atoms with van der Waals surface area (Å²) in [6.45, 7) is 10.2. The van der Waals surface area contributed by atoms with E-state index in [0.29, 0.717) is 11.3 Å². The van der Waals surface area contributed by atoms with Gasteiger partial charge >= 0.3 is 0 Å². The van der Waals surface area contributed by atoms with Crippen molar-refractivity contribution in [3.8, 4) is 0 Å². The first-order valence-corrected chi connectivity index (χ1v) is 8.83. The summed E-state index contributed by atoms with van der Waals surface area (Å²) < 4.78 is 0. The highest BCUT2D eigenvalue weighted by Crippen LogP contribution is 2.29. The Hall–Kier alpha value is -0.980. The second-order valence-electron chi connectivity index (χ2n) is 7.70. The van der Waals surface area contributed by atoms with Gasteiger partial charge in [-0.1, -0.05) is 32.0 Å². The maximum atomic E-state index is 4.49. The van der Waals surface area contributed by atoms with Crippen molar-refractivity contribution in [1.82, 2.24) is 10.2 Å². The molecule has 0 saturated carbocycles. The first kappa shape index (κ1) is 19.3. The van der Waals surface area contributed by atoms with Gasteiger partial charge in [-0.05, 0) is 36.3 Å². The molecule has 2 heterocycles. The summed E-state index contributed by atoms with van der Waals surface area (Å²) >= 11 is 0. The zero-order chi connectivity index (χ0) is 16.3. The molecule has 4 nitrogen and oxygen atoms in total. The van der Waals surface area contributed by atoms with Crippen LogP contribution in [-0.4, -0.2) is 50.6 Å². The van der Waals surface area contributed by atoms with Gasteiger partial charge in [0.15, 0.2) is 5.96 Å². The molecule has 1 N–H and O–H groups in total. The van der Waals surface area contributed by atoms with E-state index < -0.39 is 0 Å². The largest absolute Gasteiger partial charge is 0.371 e. The van der Waals surface area contributed by atoms with Crippen LogP contribution in [0.3, 0.4) is 0 Å². The number of benzene rings is 1. The Bertz CT molecular complexity index is 544. The molecule has 1 aromatic rings. The molecule has 1 unspecified atom stereocenters. The fourth-order valence-electron chi connectivity index (χ4n) is 3.73. The molecule has 134 valence electrons. The maximum absolute atomic E-state index is 4.49. The zero-order valence-electron chi connectivity index (χ0n) is 15.2. The predicted octanol–water partition coefficient (Wildman–Crippen LogP) is 3.44. The van der Waals surface area contributed by atoms with E-state index in [2.05, 4.69) is 64.3 Å². The summed E-state index contributed by atoms with van der Waals surface area (Å²) in [6.07, 6.45) is 2.50. The molecule has 0 spiro atoms. The molecule has 5 heteroatoms. The minimum Gasteiger partial charge on any atom is -0.371 e. The molecular formula is C19H31IN4. The highest BCUT2D eigenvalue weighted by Gasteiger charge is 2.31. The third-order valence-corrected chi connectivity index (χ3v) is 5.14. The molecule has 3 rings (SSSR count). The van der Waals surface area contributed by atoms with E-state index in [4.69, 9.17) is 0 Å². The molecule has 0 bridgehead atoms. The molecule has 0 radical (unpaired) electrons. The fraction of sp³-hybridized carbons (Fsp3) is 0.632. The van der Waals surface area contributed by atoms with Crippen molar-refractivity contribution in [2.45, 2.75) is 26.7 Å². The van der Waals surface area contributed by atoms with Gasteiger partial charge in [-0.15, -0.1) is 24.0 Å². The summed E-state index contributed by atoms with van der Waals surface area (Å²) in [6, 6.07) is 10.7. The smallest absolute Gasteiger partial charge is 0.193 e. The van der Waals surface area contributed by atoms with E-state index in [9.17, 15) is 0 Å². The Morgan fingerprint density at radius 3 is 2.62 bits per heavy atom. The zero-order valence-corrected chi connectivity index (χ0v) is 17.5. The van der Waals surface area contributed by atoms with Crippen LogP contribution < -0.4 is 10.2 Å². The van der Waals surface area contributed by atoms with E-state index in [1.54, 1.807) is 0 Å². The SMILES string of the molecule is CN=C(NCC1CCN(c2ccccc2)C1)N1CCC(C)(C)C1.I. The summed E-state index contributed by atoms with van der Waals surface area (Å²) in [7, 11) is 1.90. The van der Waals surface area contributed by atoms with Gasteiger partial charge in [0, 0.05) is 45.5 Å². The monoisotopic (exact) mass is 442 g/mol. The lowest BCUT2D eigenvalue weighted by atomic mass is 9.93. The molecule has 0 aliphatic carbocycles. The first-order chi connectivity index (χ1) is 11.1.